The Labute approximate surface area is 202 Å². The van der Waals surface area contributed by atoms with Crippen LogP contribution in [0, 0.1) is 0 Å². The number of aryl methyl sites for hydroxylation is 1. The van der Waals surface area contributed by atoms with E-state index in [1.54, 1.807) is 19.5 Å². The van der Waals surface area contributed by atoms with Crippen molar-refractivity contribution < 1.29 is 9.90 Å². The van der Waals surface area contributed by atoms with E-state index in [1.165, 1.54) is 11.3 Å². The van der Waals surface area contributed by atoms with Crippen molar-refractivity contribution in [3.8, 4) is 27.5 Å². The summed E-state index contributed by atoms with van der Waals surface area (Å²) in [5.41, 5.74) is 6.67. The van der Waals surface area contributed by atoms with Crippen molar-refractivity contribution in [2.45, 2.75) is 12.8 Å². The third kappa shape index (κ3) is 4.01. The lowest BCUT2D eigenvalue weighted by atomic mass is 9.95. The number of carbonyl (C=O) groups is 1. The lowest BCUT2D eigenvalue weighted by molar-refractivity contribution is -0.118. The molecule has 1 aliphatic carbocycles. The van der Waals surface area contributed by atoms with Crippen LogP contribution in [0.3, 0.4) is 0 Å². The molecule has 166 valence electrons. The Morgan fingerprint density at radius 3 is 2.97 bits per heavy atom. The second-order valence-corrected chi connectivity index (χ2v) is 9.28. The van der Waals surface area contributed by atoms with Gasteiger partial charge in [-0.15, -0.1) is 0 Å². The van der Waals surface area contributed by atoms with Gasteiger partial charge in [0, 0.05) is 41.3 Å². The maximum Gasteiger partial charge on any atom is 0.251 e. The van der Waals surface area contributed by atoms with Crippen molar-refractivity contribution in [2.24, 2.45) is 4.99 Å². The normalized spacial score (nSPS) is 12.6. The number of hydrogen-bond acceptors (Lipinski definition) is 7. The fourth-order valence-corrected chi connectivity index (χ4v) is 5.57. The Bertz CT molecular complexity index is 1380. The van der Waals surface area contributed by atoms with E-state index < -0.39 is 12.5 Å². The van der Waals surface area contributed by atoms with Gasteiger partial charge >= 0.3 is 0 Å². The van der Waals surface area contributed by atoms with Gasteiger partial charge in [-0.1, -0.05) is 17.4 Å². The predicted molar refractivity (Wildman–Crippen MR) is 132 cm³/mol. The average molecular weight is 523 g/mol. The molecule has 0 fully saturated rings. The van der Waals surface area contributed by atoms with E-state index in [0.717, 1.165) is 61.7 Å². The number of nitrogens with zero attached hydrogens (tertiary/aromatic N) is 5. The van der Waals surface area contributed by atoms with Crippen molar-refractivity contribution in [2.75, 3.05) is 19.0 Å². The number of pyridine rings is 1. The van der Waals surface area contributed by atoms with Gasteiger partial charge in [-0.05, 0) is 58.6 Å². The smallest absolute Gasteiger partial charge is 0.251 e. The van der Waals surface area contributed by atoms with Gasteiger partial charge in [-0.25, -0.2) is 9.67 Å². The van der Waals surface area contributed by atoms with E-state index in [2.05, 4.69) is 36.2 Å². The number of fused-ring (bicyclic) bond motifs is 3. The Morgan fingerprint density at radius 1 is 1.36 bits per heavy atom. The maximum atomic E-state index is 11.7. The number of benzene rings is 1. The molecule has 1 aromatic carbocycles. The van der Waals surface area contributed by atoms with E-state index >= 15 is 0 Å². The van der Waals surface area contributed by atoms with Gasteiger partial charge in [-0.2, -0.15) is 5.10 Å². The second kappa shape index (κ2) is 8.97. The summed E-state index contributed by atoms with van der Waals surface area (Å²) in [7, 11) is 1.74. The topological polar surface area (TPSA) is 105 Å². The van der Waals surface area contributed by atoms with Crippen LogP contribution in [0.5, 0.6) is 0 Å². The molecule has 5 rings (SSSR count). The molecule has 0 unspecified atom stereocenters. The van der Waals surface area contributed by atoms with Gasteiger partial charge in [0.05, 0.1) is 27.6 Å². The van der Waals surface area contributed by atoms with Gasteiger partial charge in [0.2, 0.25) is 0 Å². The summed E-state index contributed by atoms with van der Waals surface area (Å²) in [5.74, 6) is -0.484. The number of thiazole rings is 1. The van der Waals surface area contributed by atoms with Crippen molar-refractivity contribution in [3.05, 3.63) is 64.0 Å². The molecule has 0 aliphatic heterocycles. The summed E-state index contributed by atoms with van der Waals surface area (Å²) < 4.78 is 2.82. The molecular weight excluding hydrogens is 504 g/mol. The standard InChI is InChI=1S/C23H19BrN6O2S/c1-25-10-13-4-7-18(16(24)9-13)30-21-15(20(29-30)14-3-2-8-26-11-14)5-6-17-22(21)33-23(27-17)28-19(32)12-31/h2-4,7-11,31H,5-6,12H2,1H3,(H,27,28,32)/b25-10+. The molecule has 0 saturated carbocycles. The van der Waals surface area contributed by atoms with Crippen LogP contribution in [-0.4, -0.2) is 50.6 Å². The zero-order valence-corrected chi connectivity index (χ0v) is 20.0. The Hall–Kier alpha value is -3.21. The number of aromatic nitrogens is 4. The first kappa shape index (κ1) is 21.6. The van der Waals surface area contributed by atoms with Gasteiger partial charge in [0.15, 0.2) is 5.13 Å². The van der Waals surface area contributed by atoms with Crippen LogP contribution < -0.4 is 5.32 Å². The lowest BCUT2D eigenvalue weighted by Gasteiger charge is -2.15. The van der Waals surface area contributed by atoms with Crippen LogP contribution in [0.2, 0.25) is 0 Å². The molecule has 33 heavy (non-hydrogen) atoms. The SMILES string of the molecule is C/N=C/c1ccc(-n2nc(-c3cccnc3)c3c2-c2sc(NC(=O)CO)nc2CC3)c(Br)c1. The first-order chi connectivity index (χ1) is 16.1. The molecule has 0 bridgehead atoms. The van der Waals surface area contributed by atoms with Crippen LogP contribution in [0.25, 0.3) is 27.5 Å². The third-order valence-corrected chi connectivity index (χ3v) is 6.97. The lowest BCUT2D eigenvalue weighted by Crippen LogP contribution is -2.15. The van der Waals surface area contributed by atoms with Crippen molar-refractivity contribution in [3.63, 3.8) is 0 Å². The summed E-state index contributed by atoms with van der Waals surface area (Å²) >= 11 is 5.09. The molecule has 0 atom stereocenters. The largest absolute Gasteiger partial charge is 0.387 e. The minimum absolute atomic E-state index is 0.469. The van der Waals surface area contributed by atoms with Crippen molar-refractivity contribution in [1.82, 2.24) is 19.7 Å². The minimum atomic E-state index is -0.584. The quantitative estimate of drug-likeness (QED) is 0.386. The van der Waals surface area contributed by atoms with Crippen molar-refractivity contribution in [1.29, 1.82) is 0 Å². The number of halogens is 1. The maximum absolute atomic E-state index is 11.7. The highest BCUT2D eigenvalue weighted by atomic mass is 79.9. The number of rotatable bonds is 5. The molecule has 1 amide bonds. The number of carbonyl (C=O) groups excluding carboxylic acids is 1. The van der Waals surface area contributed by atoms with Gasteiger partial charge in [-0.3, -0.25) is 20.1 Å². The molecule has 3 aromatic heterocycles. The number of anilines is 1. The fraction of sp³-hybridized carbons (Fsp3) is 0.174. The Balaban J connectivity index is 1.71. The van der Waals surface area contributed by atoms with Crippen LogP contribution in [0.15, 0.2) is 52.2 Å². The van der Waals surface area contributed by atoms with E-state index in [-0.39, 0.29) is 0 Å². The van der Waals surface area contributed by atoms with Crippen molar-refractivity contribution >= 4 is 44.5 Å². The fourth-order valence-electron chi connectivity index (χ4n) is 3.92. The van der Waals surface area contributed by atoms with E-state index in [0.29, 0.717) is 5.13 Å². The Kier molecular flexibility index (Phi) is 5.88. The highest BCUT2D eigenvalue weighted by molar-refractivity contribution is 9.10. The van der Waals surface area contributed by atoms with Crippen LogP contribution in [0.1, 0.15) is 16.8 Å². The molecular formula is C23H19BrN6O2S. The third-order valence-electron chi connectivity index (χ3n) is 5.31. The monoisotopic (exact) mass is 522 g/mol. The summed E-state index contributed by atoms with van der Waals surface area (Å²) in [6, 6.07) is 9.91. The van der Waals surface area contributed by atoms with Gasteiger partial charge < -0.3 is 5.11 Å². The molecule has 0 radical (unpaired) electrons. The number of amides is 1. The average Bonchev–Trinajstić information content (AvgIpc) is 3.41. The zero-order valence-electron chi connectivity index (χ0n) is 17.6. The highest BCUT2D eigenvalue weighted by Gasteiger charge is 2.30. The van der Waals surface area contributed by atoms with Crippen LogP contribution in [-0.2, 0) is 17.6 Å². The molecule has 2 N–H and O–H groups in total. The summed E-state index contributed by atoms with van der Waals surface area (Å²) in [6.07, 6.45) is 6.86. The van der Waals surface area contributed by atoms with E-state index in [1.807, 2.05) is 41.2 Å². The highest BCUT2D eigenvalue weighted by Crippen LogP contribution is 2.44. The summed E-state index contributed by atoms with van der Waals surface area (Å²) in [4.78, 5) is 25.6. The van der Waals surface area contributed by atoms with Crippen LogP contribution in [0.4, 0.5) is 5.13 Å². The number of hydrogen-bond donors (Lipinski definition) is 2. The zero-order chi connectivity index (χ0) is 22.9. The number of aliphatic hydroxyl groups excluding tert-OH is 1. The molecule has 0 saturated heterocycles. The van der Waals surface area contributed by atoms with E-state index in [4.69, 9.17) is 10.2 Å². The number of aliphatic hydroxyl groups is 1. The first-order valence-corrected chi connectivity index (χ1v) is 11.8. The number of nitrogens with one attached hydrogen (secondary N) is 1. The Morgan fingerprint density at radius 2 is 2.24 bits per heavy atom. The first-order valence-electron chi connectivity index (χ1n) is 10.2. The van der Waals surface area contributed by atoms with Gasteiger partial charge in [0.25, 0.3) is 5.91 Å². The molecule has 10 heteroatoms. The minimum Gasteiger partial charge on any atom is -0.387 e. The number of aliphatic imine (C=N–C) groups is 1. The van der Waals surface area contributed by atoms with E-state index in [9.17, 15) is 4.79 Å². The molecule has 4 aromatic rings. The molecule has 8 nitrogen and oxygen atoms in total. The molecule has 1 aliphatic rings. The van der Waals surface area contributed by atoms with Gasteiger partial charge in [0.1, 0.15) is 6.61 Å². The predicted octanol–water partition coefficient (Wildman–Crippen LogP) is 3.90. The summed E-state index contributed by atoms with van der Waals surface area (Å²) in [5, 5.41) is 17.3. The van der Waals surface area contributed by atoms with Crippen LogP contribution >= 0.6 is 27.3 Å². The second-order valence-electron chi connectivity index (χ2n) is 7.43. The molecule has 3 heterocycles. The summed E-state index contributed by atoms with van der Waals surface area (Å²) in [6.45, 7) is -0.584. The molecule has 0 spiro atoms.